The molecule has 0 radical (unpaired) electrons. The van der Waals surface area contributed by atoms with E-state index in [1.165, 1.54) is 0 Å². The van der Waals surface area contributed by atoms with E-state index in [4.69, 9.17) is 4.52 Å². The maximum atomic E-state index is 4.91. The third kappa shape index (κ3) is 1.29. The van der Waals surface area contributed by atoms with Gasteiger partial charge in [-0.2, -0.15) is 0 Å². The first-order chi connectivity index (χ1) is 4.74. The van der Waals surface area contributed by atoms with Gasteiger partial charge in [0.25, 0.3) is 0 Å². The predicted octanol–water partition coefficient (Wildman–Crippen LogP) is 1.84. The number of hydrogen-bond donors (Lipinski definition) is 1. The van der Waals surface area contributed by atoms with Crippen molar-refractivity contribution >= 4 is 5.88 Å². The number of rotatable bonds is 2. The molecule has 10 heavy (non-hydrogen) atoms. The maximum absolute atomic E-state index is 4.91. The highest BCUT2D eigenvalue weighted by atomic mass is 16.5. The monoisotopic (exact) mass is 140 g/mol. The van der Waals surface area contributed by atoms with E-state index in [-0.39, 0.29) is 0 Å². The zero-order valence-corrected chi connectivity index (χ0v) is 6.51. The minimum Gasteiger partial charge on any atom is -0.357 e. The summed E-state index contributed by atoms with van der Waals surface area (Å²) in [4.78, 5) is 0. The second-order valence-corrected chi connectivity index (χ2v) is 2.52. The molecule has 3 heteroatoms. The van der Waals surface area contributed by atoms with Crippen LogP contribution in [0.4, 0.5) is 5.88 Å². The van der Waals surface area contributed by atoms with Crippen molar-refractivity contribution in [2.75, 3.05) is 12.4 Å². The number of anilines is 1. The minimum atomic E-state index is 0.436. The van der Waals surface area contributed by atoms with Crippen molar-refractivity contribution in [3.8, 4) is 0 Å². The molecular formula is C7H12N2O. The molecule has 0 saturated heterocycles. The maximum Gasteiger partial charge on any atom is 0.224 e. The smallest absolute Gasteiger partial charge is 0.224 e. The van der Waals surface area contributed by atoms with Crippen molar-refractivity contribution in [3.05, 3.63) is 11.8 Å². The first-order valence-corrected chi connectivity index (χ1v) is 3.38. The van der Waals surface area contributed by atoms with Crippen LogP contribution in [0.5, 0.6) is 0 Å². The molecule has 1 aromatic rings. The SMILES string of the molecule is CNc1cc(C(C)C)no1. The van der Waals surface area contributed by atoms with E-state index in [0.717, 1.165) is 11.6 Å². The summed E-state index contributed by atoms with van der Waals surface area (Å²) in [5.74, 6) is 1.16. The van der Waals surface area contributed by atoms with Crippen LogP contribution in [0.2, 0.25) is 0 Å². The highest BCUT2D eigenvalue weighted by Crippen LogP contribution is 2.16. The summed E-state index contributed by atoms with van der Waals surface area (Å²) in [5, 5.41) is 6.72. The standard InChI is InChI=1S/C7H12N2O/c1-5(2)6-4-7(8-3)10-9-6/h4-5,8H,1-3H3. The fourth-order valence-electron chi connectivity index (χ4n) is 0.679. The average molecular weight is 140 g/mol. The van der Waals surface area contributed by atoms with Crippen LogP contribution < -0.4 is 5.32 Å². The number of hydrogen-bond acceptors (Lipinski definition) is 3. The van der Waals surface area contributed by atoms with Crippen LogP contribution in [0.1, 0.15) is 25.5 Å². The Morgan fingerprint density at radius 3 is 2.60 bits per heavy atom. The van der Waals surface area contributed by atoms with Gasteiger partial charge in [-0.25, -0.2) is 0 Å². The molecular weight excluding hydrogens is 128 g/mol. The Morgan fingerprint density at radius 2 is 2.30 bits per heavy atom. The first kappa shape index (κ1) is 7.12. The zero-order chi connectivity index (χ0) is 7.56. The lowest BCUT2D eigenvalue weighted by atomic mass is 10.1. The second-order valence-electron chi connectivity index (χ2n) is 2.52. The van der Waals surface area contributed by atoms with Crippen LogP contribution in [0.25, 0.3) is 0 Å². The van der Waals surface area contributed by atoms with Gasteiger partial charge in [-0.15, -0.1) is 0 Å². The van der Waals surface area contributed by atoms with Gasteiger partial charge < -0.3 is 9.84 Å². The van der Waals surface area contributed by atoms with Gasteiger partial charge in [0.15, 0.2) is 0 Å². The first-order valence-electron chi connectivity index (χ1n) is 3.38. The van der Waals surface area contributed by atoms with Gasteiger partial charge in [-0.3, -0.25) is 0 Å². The summed E-state index contributed by atoms with van der Waals surface area (Å²) in [6, 6.07) is 1.91. The summed E-state index contributed by atoms with van der Waals surface area (Å²) in [7, 11) is 1.81. The minimum absolute atomic E-state index is 0.436. The van der Waals surface area contributed by atoms with Gasteiger partial charge in [-0.05, 0) is 5.92 Å². The highest BCUT2D eigenvalue weighted by Gasteiger charge is 2.04. The van der Waals surface area contributed by atoms with E-state index in [9.17, 15) is 0 Å². The van der Waals surface area contributed by atoms with Gasteiger partial charge in [0.05, 0.1) is 5.69 Å². The Kier molecular flexibility index (Phi) is 1.94. The van der Waals surface area contributed by atoms with Crippen LogP contribution in [0.15, 0.2) is 10.6 Å². The van der Waals surface area contributed by atoms with E-state index in [0.29, 0.717) is 5.92 Å². The summed E-state index contributed by atoms with van der Waals surface area (Å²) >= 11 is 0. The normalized spacial score (nSPS) is 10.4. The molecule has 3 nitrogen and oxygen atoms in total. The van der Waals surface area contributed by atoms with Crippen molar-refractivity contribution in [2.45, 2.75) is 19.8 Å². The second kappa shape index (κ2) is 2.73. The fraction of sp³-hybridized carbons (Fsp3) is 0.571. The van der Waals surface area contributed by atoms with Crippen molar-refractivity contribution < 1.29 is 4.52 Å². The average Bonchev–Trinajstić information content (AvgIpc) is 2.34. The molecule has 0 spiro atoms. The molecule has 1 rings (SSSR count). The Hall–Kier alpha value is -0.990. The third-order valence-corrected chi connectivity index (χ3v) is 1.37. The van der Waals surface area contributed by atoms with Crippen molar-refractivity contribution in [1.82, 2.24) is 5.16 Å². The van der Waals surface area contributed by atoms with E-state index in [1.54, 1.807) is 0 Å². The fourth-order valence-corrected chi connectivity index (χ4v) is 0.679. The van der Waals surface area contributed by atoms with Crippen molar-refractivity contribution in [1.29, 1.82) is 0 Å². The van der Waals surface area contributed by atoms with Gasteiger partial charge in [0.1, 0.15) is 0 Å². The summed E-state index contributed by atoms with van der Waals surface area (Å²) < 4.78 is 4.91. The van der Waals surface area contributed by atoms with E-state index in [2.05, 4.69) is 24.3 Å². The summed E-state index contributed by atoms with van der Waals surface area (Å²) in [6.07, 6.45) is 0. The molecule has 0 aliphatic rings. The molecule has 1 heterocycles. The summed E-state index contributed by atoms with van der Waals surface area (Å²) in [6.45, 7) is 4.16. The van der Waals surface area contributed by atoms with Crippen LogP contribution in [-0.4, -0.2) is 12.2 Å². The van der Waals surface area contributed by atoms with Crippen molar-refractivity contribution in [2.24, 2.45) is 0 Å². The molecule has 0 fully saturated rings. The zero-order valence-electron chi connectivity index (χ0n) is 6.51. The molecule has 0 bridgehead atoms. The molecule has 0 unspecified atom stereocenters. The lowest BCUT2D eigenvalue weighted by molar-refractivity contribution is 0.421. The largest absolute Gasteiger partial charge is 0.357 e. The molecule has 0 atom stereocenters. The van der Waals surface area contributed by atoms with E-state index >= 15 is 0 Å². The predicted molar refractivity (Wildman–Crippen MR) is 40.1 cm³/mol. The molecule has 1 aromatic heterocycles. The molecule has 1 N–H and O–H groups in total. The van der Waals surface area contributed by atoms with Crippen LogP contribution in [-0.2, 0) is 0 Å². The summed E-state index contributed by atoms with van der Waals surface area (Å²) in [5.41, 5.74) is 0.990. The molecule has 0 aliphatic heterocycles. The Labute approximate surface area is 60.4 Å². The van der Waals surface area contributed by atoms with Gasteiger partial charge in [-0.1, -0.05) is 19.0 Å². The van der Waals surface area contributed by atoms with Crippen molar-refractivity contribution in [3.63, 3.8) is 0 Å². The molecule has 56 valence electrons. The number of nitrogens with zero attached hydrogens (tertiary/aromatic N) is 1. The van der Waals surface area contributed by atoms with Crippen LogP contribution >= 0.6 is 0 Å². The third-order valence-electron chi connectivity index (χ3n) is 1.37. The Morgan fingerprint density at radius 1 is 1.60 bits per heavy atom. The number of nitrogens with one attached hydrogen (secondary N) is 1. The quantitative estimate of drug-likeness (QED) is 0.681. The Balaban J connectivity index is 2.78. The van der Waals surface area contributed by atoms with E-state index < -0.39 is 0 Å². The topological polar surface area (TPSA) is 38.1 Å². The van der Waals surface area contributed by atoms with Gasteiger partial charge >= 0.3 is 0 Å². The van der Waals surface area contributed by atoms with Crippen LogP contribution in [0, 0.1) is 0 Å². The van der Waals surface area contributed by atoms with Gasteiger partial charge in [0.2, 0.25) is 5.88 Å². The number of aromatic nitrogens is 1. The Bertz CT molecular complexity index is 205. The molecule has 0 saturated carbocycles. The van der Waals surface area contributed by atoms with E-state index in [1.807, 2.05) is 13.1 Å². The van der Waals surface area contributed by atoms with Crippen LogP contribution in [0.3, 0.4) is 0 Å². The molecule has 0 aromatic carbocycles. The van der Waals surface area contributed by atoms with Gasteiger partial charge in [0, 0.05) is 13.1 Å². The highest BCUT2D eigenvalue weighted by molar-refractivity contribution is 5.31. The lowest BCUT2D eigenvalue weighted by Gasteiger charge is -1.92. The molecule has 0 amide bonds. The molecule has 0 aliphatic carbocycles. The lowest BCUT2D eigenvalue weighted by Crippen LogP contribution is -1.85.